The van der Waals surface area contributed by atoms with Crippen LogP contribution in [0, 0.1) is 12.8 Å². The number of aryl methyl sites for hydroxylation is 1. The lowest BCUT2D eigenvalue weighted by Gasteiger charge is -2.10. The van der Waals surface area contributed by atoms with E-state index in [1.807, 2.05) is 38.1 Å². The zero-order valence-electron chi connectivity index (χ0n) is 17.1. The number of aromatic nitrogens is 2. The van der Waals surface area contributed by atoms with Gasteiger partial charge in [-0.15, -0.1) is 0 Å². The molecular weight excluding hydrogens is 384 g/mol. The van der Waals surface area contributed by atoms with Crippen LogP contribution in [0.25, 0.3) is 0 Å². The number of hydrogen-bond donors (Lipinski definition) is 2. The second-order valence-corrected chi connectivity index (χ2v) is 7.07. The average Bonchev–Trinajstić information content (AvgIpc) is 3.16. The molecule has 0 aliphatic heterocycles. The van der Waals surface area contributed by atoms with Gasteiger partial charge in [0.15, 0.2) is 6.61 Å². The highest BCUT2D eigenvalue weighted by atomic mass is 16.5. The quantitative estimate of drug-likeness (QED) is 0.591. The molecule has 156 valence electrons. The number of anilines is 1. The first-order chi connectivity index (χ1) is 14.4. The molecule has 0 saturated carbocycles. The molecule has 2 amide bonds. The largest absolute Gasteiger partial charge is 0.485 e. The van der Waals surface area contributed by atoms with Crippen molar-refractivity contribution in [3.8, 4) is 5.75 Å². The first-order valence-corrected chi connectivity index (χ1v) is 9.61. The number of rotatable bonds is 8. The second-order valence-electron chi connectivity index (χ2n) is 7.07. The number of carbonyl (C=O) groups is 2. The topological polar surface area (TPSA) is 106 Å². The molecular formula is C22H24N4O4. The van der Waals surface area contributed by atoms with Gasteiger partial charge in [0.25, 0.3) is 5.91 Å². The molecule has 0 atom stereocenters. The van der Waals surface area contributed by atoms with E-state index in [0.717, 1.165) is 5.56 Å². The van der Waals surface area contributed by atoms with Crippen LogP contribution in [0.1, 0.15) is 41.5 Å². The molecule has 0 aliphatic rings. The lowest BCUT2D eigenvalue weighted by atomic mass is 10.1. The Hall–Kier alpha value is -3.68. The van der Waals surface area contributed by atoms with Gasteiger partial charge in [0.1, 0.15) is 5.75 Å². The van der Waals surface area contributed by atoms with Crippen molar-refractivity contribution in [3.05, 3.63) is 71.4 Å². The summed E-state index contributed by atoms with van der Waals surface area (Å²) in [6.45, 7) is 5.91. The van der Waals surface area contributed by atoms with E-state index >= 15 is 0 Å². The Bertz CT molecular complexity index is 1010. The Morgan fingerprint density at radius 3 is 2.57 bits per heavy atom. The minimum atomic E-state index is -0.202. The van der Waals surface area contributed by atoms with Gasteiger partial charge in [-0.2, -0.15) is 4.98 Å². The van der Waals surface area contributed by atoms with Gasteiger partial charge in [0, 0.05) is 30.6 Å². The van der Waals surface area contributed by atoms with Crippen LogP contribution in [0.5, 0.6) is 5.75 Å². The third kappa shape index (κ3) is 5.91. The van der Waals surface area contributed by atoms with E-state index < -0.39 is 0 Å². The number of amides is 2. The zero-order chi connectivity index (χ0) is 21.5. The summed E-state index contributed by atoms with van der Waals surface area (Å²) in [4.78, 5) is 28.3. The number of hydrogen-bond acceptors (Lipinski definition) is 6. The third-order valence-corrected chi connectivity index (χ3v) is 4.23. The number of ether oxygens (including phenoxy) is 1. The van der Waals surface area contributed by atoms with Crippen LogP contribution >= 0.6 is 0 Å². The molecule has 0 radical (unpaired) electrons. The predicted octanol–water partition coefficient (Wildman–Crippen LogP) is 3.48. The van der Waals surface area contributed by atoms with Crippen molar-refractivity contribution in [1.82, 2.24) is 15.5 Å². The Balaban J connectivity index is 1.51. The van der Waals surface area contributed by atoms with Crippen LogP contribution in [-0.4, -0.2) is 22.0 Å². The summed E-state index contributed by atoms with van der Waals surface area (Å²) in [6.07, 6.45) is 0. The number of benzene rings is 2. The highest BCUT2D eigenvalue weighted by Gasteiger charge is 2.09. The Morgan fingerprint density at radius 2 is 1.90 bits per heavy atom. The Kier molecular flexibility index (Phi) is 6.79. The van der Waals surface area contributed by atoms with Gasteiger partial charge in [-0.25, -0.2) is 0 Å². The summed E-state index contributed by atoms with van der Waals surface area (Å²) < 4.78 is 10.5. The van der Waals surface area contributed by atoms with Crippen molar-refractivity contribution in [2.45, 2.75) is 33.9 Å². The van der Waals surface area contributed by atoms with E-state index in [-0.39, 0.29) is 24.3 Å². The summed E-state index contributed by atoms with van der Waals surface area (Å²) >= 11 is 0. The zero-order valence-corrected chi connectivity index (χ0v) is 17.1. The van der Waals surface area contributed by atoms with Crippen molar-refractivity contribution in [1.29, 1.82) is 0 Å². The first-order valence-electron chi connectivity index (χ1n) is 9.61. The van der Waals surface area contributed by atoms with E-state index in [9.17, 15) is 9.59 Å². The Morgan fingerprint density at radius 1 is 1.13 bits per heavy atom. The monoisotopic (exact) mass is 408 g/mol. The van der Waals surface area contributed by atoms with Crippen molar-refractivity contribution in [2.24, 2.45) is 5.92 Å². The van der Waals surface area contributed by atoms with Crippen LogP contribution in [0.15, 0.2) is 53.1 Å². The molecule has 0 aliphatic carbocycles. The molecule has 8 heteroatoms. The maximum absolute atomic E-state index is 12.4. The molecule has 1 aromatic heterocycles. The van der Waals surface area contributed by atoms with Gasteiger partial charge in [-0.3, -0.25) is 9.59 Å². The van der Waals surface area contributed by atoms with E-state index in [4.69, 9.17) is 9.26 Å². The number of nitrogens with zero attached hydrogens (tertiary/aromatic N) is 2. The maximum Gasteiger partial charge on any atom is 0.251 e. The molecule has 0 saturated heterocycles. The normalized spacial score (nSPS) is 10.7. The lowest BCUT2D eigenvalue weighted by molar-refractivity contribution is -0.118. The molecule has 8 nitrogen and oxygen atoms in total. The van der Waals surface area contributed by atoms with Gasteiger partial charge >= 0.3 is 0 Å². The fraction of sp³-hybridized carbons (Fsp3) is 0.273. The summed E-state index contributed by atoms with van der Waals surface area (Å²) in [5, 5.41) is 9.49. The van der Waals surface area contributed by atoms with Crippen LogP contribution in [0.2, 0.25) is 0 Å². The first kappa shape index (κ1) is 21.0. The minimum absolute atomic E-state index is 0.0482. The van der Waals surface area contributed by atoms with E-state index in [0.29, 0.717) is 35.3 Å². The van der Waals surface area contributed by atoms with E-state index in [1.54, 1.807) is 31.2 Å². The van der Waals surface area contributed by atoms with Gasteiger partial charge in [0.05, 0.1) is 0 Å². The summed E-state index contributed by atoms with van der Waals surface area (Å²) in [7, 11) is 0. The van der Waals surface area contributed by atoms with Crippen molar-refractivity contribution in [2.75, 3.05) is 5.32 Å². The molecule has 0 bridgehead atoms. The Labute approximate surface area is 174 Å². The van der Waals surface area contributed by atoms with Crippen LogP contribution in [-0.2, 0) is 17.9 Å². The lowest BCUT2D eigenvalue weighted by Crippen LogP contribution is -2.23. The third-order valence-electron chi connectivity index (χ3n) is 4.23. The molecule has 0 unspecified atom stereocenters. The fourth-order valence-electron chi connectivity index (χ4n) is 2.58. The molecule has 3 rings (SSSR count). The molecule has 2 N–H and O–H groups in total. The molecule has 3 aromatic rings. The summed E-state index contributed by atoms with van der Waals surface area (Å²) in [6, 6.07) is 14.2. The number of nitrogens with one attached hydrogen (secondary N) is 2. The van der Waals surface area contributed by atoms with Gasteiger partial charge in [-0.05, 0) is 42.0 Å². The van der Waals surface area contributed by atoms with Gasteiger partial charge in [0.2, 0.25) is 17.6 Å². The van der Waals surface area contributed by atoms with Crippen LogP contribution in [0.4, 0.5) is 5.69 Å². The van der Waals surface area contributed by atoms with Crippen LogP contribution in [0.3, 0.4) is 0 Å². The SMILES string of the molecule is Cc1nc(COc2ccc(C(=O)NCc3cccc(NC(=O)C(C)C)c3)cc2)no1. The van der Waals surface area contributed by atoms with Crippen molar-refractivity contribution >= 4 is 17.5 Å². The van der Waals surface area contributed by atoms with Gasteiger partial charge in [-0.1, -0.05) is 31.1 Å². The molecule has 0 fully saturated rings. The average molecular weight is 408 g/mol. The molecule has 1 heterocycles. The smallest absolute Gasteiger partial charge is 0.251 e. The van der Waals surface area contributed by atoms with E-state index in [2.05, 4.69) is 20.8 Å². The molecule has 30 heavy (non-hydrogen) atoms. The second kappa shape index (κ2) is 9.69. The highest BCUT2D eigenvalue weighted by molar-refractivity contribution is 5.94. The van der Waals surface area contributed by atoms with Crippen molar-refractivity contribution in [3.63, 3.8) is 0 Å². The van der Waals surface area contributed by atoms with E-state index in [1.165, 1.54) is 0 Å². The van der Waals surface area contributed by atoms with Gasteiger partial charge < -0.3 is 19.9 Å². The fourth-order valence-corrected chi connectivity index (χ4v) is 2.58. The maximum atomic E-state index is 12.4. The summed E-state index contributed by atoms with van der Waals surface area (Å²) in [5.74, 6) is 1.19. The number of carbonyl (C=O) groups excluding carboxylic acids is 2. The molecule has 2 aromatic carbocycles. The predicted molar refractivity (Wildman–Crippen MR) is 111 cm³/mol. The van der Waals surface area contributed by atoms with Crippen LogP contribution < -0.4 is 15.4 Å². The van der Waals surface area contributed by atoms with Crippen molar-refractivity contribution < 1.29 is 18.8 Å². The minimum Gasteiger partial charge on any atom is -0.485 e. The molecule has 0 spiro atoms. The standard InChI is InChI=1S/C22H24N4O4/c1-14(2)21(27)25-18-6-4-5-16(11-18)12-23-22(28)17-7-9-19(10-8-17)29-13-20-24-15(3)30-26-20/h4-11,14H,12-13H2,1-3H3,(H,23,28)(H,25,27). The summed E-state index contributed by atoms with van der Waals surface area (Å²) in [5.41, 5.74) is 2.11. The highest BCUT2D eigenvalue weighted by Crippen LogP contribution is 2.15.